The SMILES string of the molecule is NC(=O)c1cc(NC(=O)C(F)(F)F)ccc1N1CCCCC1. The van der Waals surface area contributed by atoms with Gasteiger partial charge in [-0.15, -0.1) is 0 Å². The number of amides is 2. The summed E-state index contributed by atoms with van der Waals surface area (Å²) in [6.45, 7) is 1.52. The second-order valence-electron chi connectivity index (χ2n) is 5.10. The molecule has 1 aliphatic rings. The maximum Gasteiger partial charge on any atom is 0.471 e. The van der Waals surface area contributed by atoms with Crippen molar-refractivity contribution in [3.63, 3.8) is 0 Å². The molecular formula is C14H16F3N3O2. The molecule has 5 nitrogen and oxygen atoms in total. The summed E-state index contributed by atoms with van der Waals surface area (Å²) in [4.78, 5) is 24.5. The lowest BCUT2D eigenvalue weighted by atomic mass is 10.1. The van der Waals surface area contributed by atoms with Gasteiger partial charge in [-0.3, -0.25) is 9.59 Å². The first-order valence-corrected chi connectivity index (χ1v) is 6.86. The normalized spacial score (nSPS) is 15.5. The van der Waals surface area contributed by atoms with Gasteiger partial charge in [-0.1, -0.05) is 0 Å². The monoisotopic (exact) mass is 315 g/mol. The highest BCUT2D eigenvalue weighted by Crippen LogP contribution is 2.27. The Kier molecular flexibility index (Phi) is 4.58. The Morgan fingerprint density at radius 1 is 1.14 bits per heavy atom. The number of hydrogen-bond donors (Lipinski definition) is 2. The van der Waals surface area contributed by atoms with Crippen molar-refractivity contribution in [1.82, 2.24) is 0 Å². The summed E-state index contributed by atoms with van der Waals surface area (Å²) in [5.41, 5.74) is 5.87. The summed E-state index contributed by atoms with van der Waals surface area (Å²) in [5.74, 6) is -2.84. The number of nitrogens with zero attached hydrogens (tertiary/aromatic N) is 1. The summed E-state index contributed by atoms with van der Waals surface area (Å²) in [6.07, 6.45) is -1.93. The number of piperidine rings is 1. The summed E-state index contributed by atoms with van der Waals surface area (Å²) >= 11 is 0. The topological polar surface area (TPSA) is 75.4 Å². The number of halogens is 3. The second kappa shape index (κ2) is 6.25. The van der Waals surface area contributed by atoms with Gasteiger partial charge in [0, 0.05) is 24.5 Å². The van der Waals surface area contributed by atoms with E-state index in [-0.39, 0.29) is 11.3 Å². The average molecular weight is 315 g/mol. The first kappa shape index (κ1) is 16.1. The molecule has 120 valence electrons. The first-order chi connectivity index (χ1) is 10.3. The molecule has 0 radical (unpaired) electrons. The Morgan fingerprint density at radius 3 is 2.32 bits per heavy atom. The van der Waals surface area contributed by atoms with Crippen molar-refractivity contribution >= 4 is 23.2 Å². The lowest BCUT2D eigenvalue weighted by Gasteiger charge is -2.30. The molecule has 1 saturated heterocycles. The summed E-state index contributed by atoms with van der Waals surface area (Å²) in [7, 11) is 0. The molecule has 8 heteroatoms. The molecule has 0 unspecified atom stereocenters. The van der Waals surface area contributed by atoms with Crippen LogP contribution >= 0.6 is 0 Å². The van der Waals surface area contributed by atoms with Crippen molar-refractivity contribution in [3.8, 4) is 0 Å². The van der Waals surface area contributed by atoms with Crippen LogP contribution in [0.15, 0.2) is 18.2 Å². The molecule has 1 aliphatic heterocycles. The minimum atomic E-state index is -4.99. The third kappa shape index (κ3) is 3.69. The van der Waals surface area contributed by atoms with Gasteiger partial charge in [0.15, 0.2) is 0 Å². The summed E-state index contributed by atoms with van der Waals surface area (Å²) in [5, 5.41) is 1.72. The Morgan fingerprint density at radius 2 is 1.77 bits per heavy atom. The van der Waals surface area contributed by atoms with Crippen LogP contribution in [-0.4, -0.2) is 31.1 Å². The predicted octanol–water partition coefficient (Wildman–Crippen LogP) is 2.28. The van der Waals surface area contributed by atoms with E-state index >= 15 is 0 Å². The molecule has 1 aromatic rings. The fourth-order valence-corrected chi connectivity index (χ4v) is 2.42. The molecule has 0 saturated carbocycles. The van der Waals surface area contributed by atoms with E-state index in [4.69, 9.17) is 5.73 Å². The smallest absolute Gasteiger partial charge is 0.371 e. The van der Waals surface area contributed by atoms with Crippen LogP contribution in [0, 0.1) is 0 Å². The standard InChI is InChI=1S/C14H16F3N3O2/c15-14(16,17)13(22)19-9-4-5-11(10(8-9)12(18)21)20-6-2-1-3-7-20/h4-5,8H,1-3,6-7H2,(H2,18,21)(H,19,22). The number of carbonyl (C=O) groups is 2. The van der Waals surface area contributed by atoms with Crippen LogP contribution in [0.4, 0.5) is 24.5 Å². The number of rotatable bonds is 3. The highest BCUT2D eigenvalue weighted by molar-refractivity contribution is 6.01. The van der Waals surface area contributed by atoms with Gasteiger partial charge in [0.05, 0.1) is 5.56 Å². The highest BCUT2D eigenvalue weighted by Gasteiger charge is 2.38. The van der Waals surface area contributed by atoms with Crippen molar-refractivity contribution in [2.45, 2.75) is 25.4 Å². The van der Waals surface area contributed by atoms with E-state index in [1.54, 1.807) is 5.32 Å². The predicted molar refractivity (Wildman–Crippen MR) is 75.7 cm³/mol. The molecule has 0 spiro atoms. The summed E-state index contributed by atoms with van der Waals surface area (Å²) in [6, 6.07) is 4.02. The van der Waals surface area contributed by atoms with Crippen molar-refractivity contribution in [3.05, 3.63) is 23.8 Å². The first-order valence-electron chi connectivity index (χ1n) is 6.86. The van der Waals surface area contributed by atoms with Crippen molar-refractivity contribution in [1.29, 1.82) is 0 Å². The second-order valence-corrected chi connectivity index (χ2v) is 5.10. The number of benzene rings is 1. The van der Waals surface area contributed by atoms with Crippen molar-refractivity contribution < 1.29 is 22.8 Å². The number of anilines is 2. The minimum absolute atomic E-state index is 0.0990. The number of primary amides is 1. The Balaban J connectivity index is 2.27. The van der Waals surface area contributed by atoms with E-state index in [1.165, 1.54) is 18.2 Å². The zero-order valence-corrected chi connectivity index (χ0v) is 11.7. The minimum Gasteiger partial charge on any atom is -0.371 e. The van der Waals surface area contributed by atoms with Crippen molar-refractivity contribution in [2.75, 3.05) is 23.3 Å². The molecule has 1 aromatic carbocycles. The fraction of sp³-hybridized carbons (Fsp3) is 0.429. The molecule has 0 aromatic heterocycles. The fourth-order valence-electron chi connectivity index (χ4n) is 2.42. The molecule has 1 fully saturated rings. The third-order valence-corrected chi connectivity index (χ3v) is 3.47. The van der Waals surface area contributed by atoms with E-state index in [0.717, 1.165) is 32.4 Å². The third-order valence-electron chi connectivity index (χ3n) is 3.47. The molecule has 22 heavy (non-hydrogen) atoms. The molecule has 0 bridgehead atoms. The van der Waals surface area contributed by atoms with Crippen LogP contribution in [0.1, 0.15) is 29.6 Å². The van der Waals surface area contributed by atoms with Gasteiger partial charge in [-0.25, -0.2) is 0 Å². The molecule has 3 N–H and O–H groups in total. The maximum atomic E-state index is 12.3. The van der Waals surface area contributed by atoms with Crippen molar-refractivity contribution in [2.24, 2.45) is 5.73 Å². The quantitative estimate of drug-likeness (QED) is 0.898. The maximum absolute atomic E-state index is 12.3. The molecule has 0 aliphatic carbocycles. The number of alkyl halides is 3. The summed E-state index contributed by atoms with van der Waals surface area (Å²) < 4.78 is 36.8. The van der Waals surface area contributed by atoms with Gasteiger partial charge in [0.25, 0.3) is 5.91 Å². The van der Waals surface area contributed by atoms with Crippen LogP contribution in [0.3, 0.4) is 0 Å². The van der Waals surface area contributed by atoms with Crippen LogP contribution in [0.2, 0.25) is 0 Å². The van der Waals surface area contributed by atoms with E-state index in [2.05, 4.69) is 0 Å². The molecule has 0 atom stereocenters. The van der Waals surface area contributed by atoms with E-state index in [0.29, 0.717) is 5.69 Å². The lowest BCUT2D eigenvalue weighted by molar-refractivity contribution is -0.167. The Bertz CT molecular complexity index is 581. The average Bonchev–Trinajstić information content (AvgIpc) is 2.47. The van der Waals surface area contributed by atoms with Crippen LogP contribution in [0.25, 0.3) is 0 Å². The van der Waals surface area contributed by atoms with Crippen LogP contribution in [-0.2, 0) is 4.79 Å². The lowest BCUT2D eigenvalue weighted by Crippen LogP contribution is -2.32. The van der Waals surface area contributed by atoms with Gasteiger partial charge < -0.3 is 16.0 Å². The number of nitrogens with one attached hydrogen (secondary N) is 1. The Labute approximate surface area is 125 Å². The molecule has 2 amide bonds. The van der Waals surface area contributed by atoms with Crippen LogP contribution < -0.4 is 16.0 Å². The zero-order chi connectivity index (χ0) is 16.3. The Hall–Kier alpha value is -2.25. The van der Waals surface area contributed by atoms with Gasteiger partial charge in [0.1, 0.15) is 0 Å². The number of carbonyl (C=O) groups excluding carboxylic acids is 2. The number of nitrogens with two attached hydrogens (primary N) is 1. The largest absolute Gasteiger partial charge is 0.471 e. The van der Waals surface area contributed by atoms with E-state index < -0.39 is 18.0 Å². The number of hydrogen-bond acceptors (Lipinski definition) is 3. The van der Waals surface area contributed by atoms with Gasteiger partial charge >= 0.3 is 12.1 Å². The van der Waals surface area contributed by atoms with Gasteiger partial charge in [-0.05, 0) is 37.5 Å². The van der Waals surface area contributed by atoms with E-state index in [1.807, 2.05) is 4.90 Å². The molecule has 2 rings (SSSR count). The van der Waals surface area contributed by atoms with Gasteiger partial charge in [-0.2, -0.15) is 13.2 Å². The highest BCUT2D eigenvalue weighted by atomic mass is 19.4. The zero-order valence-electron chi connectivity index (χ0n) is 11.7. The molecule has 1 heterocycles. The van der Waals surface area contributed by atoms with E-state index in [9.17, 15) is 22.8 Å². The van der Waals surface area contributed by atoms with Gasteiger partial charge in [0.2, 0.25) is 0 Å². The van der Waals surface area contributed by atoms with Crippen LogP contribution in [0.5, 0.6) is 0 Å². The molecular weight excluding hydrogens is 299 g/mol.